The highest BCUT2D eigenvalue weighted by molar-refractivity contribution is 7.92. The smallest absolute Gasteiger partial charge is 0.267 e. The van der Waals surface area contributed by atoms with Gasteiger partial charge < -0.3 is 10.5 Å². The minimum atomic E-state index is -4.36. The first-order chi connectivity index (χ1) is 15.2. The number of halogens is 3. The normalized spacial score (nSPS) is 11.5. The minimum absolute atomic E-state index is 0.0388. The molecule has 11 heteroatoms. The average molecular weight is 477 g/mol. The molecule has 0 aliphatic rings. The van der Waals surface area contributed by atoms with Gasteiger partial charge in [-0.25, -0.2) is 27.2 Å². The number of nitrogens with two attached hydrogens (primary N) is 1. The molecule has 0 bridgehead atoms. The maximum absolute atomic E-state index is 15.3. The van der Waals surface area contributed by atoms with Gasteiger partial charge in [0.2, 0.25) is 5.88 Å². The highest BCUT2D eigenvalue weighted by Crippen LogP contribution is 2.34. The van der Waals surface area contributed by atoms with E-state index < -0.39 is 37.8 Å². The number of hydrogen-bond acceptors (Lipinski definition) is 6. The van der Waals surface area contributed by atoms with Crippen LogP contribution < -0.4 is 15.2 Å². The van der Waals surface area contributed by atoms with Crippen LogP contribution in [0.15, 0.2) is 59.6 Å². The highest BCUT2D eigenvalue weighted by atomic mass is 35.5. The fourth-order valence-electron chi connectivity index (χ4n) is 3.15. The molecular weight excluding hydrogens is 462 g/mol. The first-order valence-electron chi connectivity index (χ1n) is 9.06. The average Bonchev–Trinajstić information content (AvgIpc) is 2.76. The molecule has 164 valence electrons. The van der Waals surface area contributed by atoms with Crippen molar-refractivity contribution in [2.45, 2.75) is 4.90 Å². The summed E-state index contributed by atoms with van der Waals surface area (Å²) in [5, 5.41) is 0.646. The Kier molecular flexibility index (Phi) is 5.57. The summed E-state index contributed by atoms with van der Waals surface area (Å²) in [6.07, 6.45) is 1.21. The van der Waals surface area contributed by atoms with Gasteiger partial charge in [0.05, 0.1) is 28.9 Å². The zero-order valence-corrected chi connectivity index (χ0v) is 18.0. The molecule has 4 aromatic rings. The molecule has 0 spiro atoms. The van der Waals surface area contributed by atoms with Crippen LogP contribution >= 0.6 is 11.6 Å². The van der Waals surface area contributed by atoms with Gasteiger partial charge in [-0.15, -0.1) is 0 Å². The van der Waals surface area contributed by atoms with Crippen molar-refractivity contribution >= 4 is 44.0 Å². The number of nitrogens with zero attached hydrogens (tertiary/aromatic N) is 2. The summed E-state index contributed by atoms with van der Waals surface area (Å²) < 4.78 is 62.7. The predicted molar refractivity (Wildman–Crippen MR) is 118 cm³/mol. The summed E-state index contributed by atoms with van der Waals surface area (Å²) >= 11 is 5.85. The summed E-state index contributed by atoms with van der Waals surface area (Å²) in [6.45, 7) is 0. The second-order valence-corrected chi connectivity index (χ2v) is 8.78. The molecular formula is C21H15ClF2N4O3S. The Hall–Kier alpha value is -3.50. The van der Waals surface area contributed by atoms with Gasteiger partial charge in [0.1, 0.15) is 11.6 Å². The van der Waals surface area contributed by atoms with E-state index in [1.807, 2.05) is 0 Å². The number of pyridine rings is 2. The molecule has 3 N–H and O–H groups in total. The molecule has 32 heavy (non-hydrogen) atoms. The van der Waals surface area contributed by atoms with Crippen molar-refractivity contribution in [2.24, 2.45) is 0 Å². The number of anilines is 2. The summed E-state index contributed by atoms with van der Waals surface area (Å²) in [6, 6.07) is 10.9. The molecule has 0 fully saturated rings. The predicted octanol–water partition coefficient (Wildman–Crippen LogP) is 4.62. The van der Waals surface area contributed by atoms with Gasteiger partial charge >= 0.3 is 0 Å². The molecule has 0 amide bonds. The van der Waals surface area contributed by atoms with E-state index in [0.29, 0.717) is 16.7 Å². The van der Waals surface area contributed by atoms with Crippen molar-refractivity contribution in [2.75, 3.05) is 17.6 Å². The number of aromatic nitrogens is 2. The van der Waals surface area contributed by atoms with Crippen LogP contribution in [0.1, 0.15) is 0 Å². The lowest BCUT2D eigenvalue weighted by Gasteiger charge is -2.14. The number of methoxy groups -OCH3 is 1. The van der Waals surface area contributed by atoms with Gasteiger partial charge in [-0.3, -0.25) is 4.72 Å². The number of fused-ring (bicyclic) bond motifs is 1. The van der Waals surface area contributed by atoms with E-state index >= 15 is 4.39 Å². The van der Waals surface area contributed by atoms with E-state index in [1.54, 1.807) is 18.2 Å². The molecule has 2 heterocycles. The molecule has 7 nitrogen and oxygen atoms in total. The van der Waals surface area contributed by atoms with Crippen LogP contribution in [0.5, 0.6) is 5.88 Å². The number of rotatable bonds is 5. The van der Waals surface area contributed by atoms with E-state index in [4.69, 9.17) is 22.1 Å². The second kappa shape index (κ2) is 8.21. The first-order valence-corrected chi connectivity index (χ1v) is 10.9. The number of benzene rings is 2. The Labute approximate surface area is 186 Å². The van der Waals surface area contributed by atoms with Crippen LogP contribution in [0.2, 0.25) is 5.02 Å². The third kappa shape index (κ3) is 4.02. The molecule has 0 aliphatic carbocycles. The fraction of sp³-hybridized carbons (Fsp3) is 0.0476. The first kappa shape index (κ1) is 21.7. The van der Waals surface area contributed by atoms with Crippen LogP contribution in [0, 0.1) is 11.6 Å². The maximum Gasteiger partial charge on any atom is 0.267 e. The lowest BCUT2D eigenvalue weighted by atomic mass is 10.0. The van der Waals surface area contributed by atoms with Crippen LogP contribution in [-0.4, -0.2) is 25.5 Å². The van der Waals surface area contributed by atoms with Crippen molar-refractivity contribution in [3.8, 4) is 17.0 Å². The quantitative estimate of drug-likeness (QED) is 0.435. The van der Waals surface area contributed by atoms with Gasteiger partial charge in [-0.2, -0.15) is 0 Å². The van der Waals surface area contributed by atoms with E-state index in [0.717, 1.165) is 18.2 Å². The van der Waals surface area contributed by atoms with Gasteiger partial charge in [0.25, 0.3) is 10.0 Å². The zero-order valence-electron chi connectivity index (χ0n) is 16.4. The lowest BCUT2D eigenvalue weighted by Crippen LogP contribution is -2.16. The van der Waals surface area contributed by atoms with Crippen LogP contribution in [0.3, 0.4) is 0 Å². The van der Waals surface area contributed by atoms with E-state index in [2.05, 4.69) is 14.7 Å². The Bertz CT molecular complexity index is 1470. The molecule has 4 rings (SSSR count). The summed E-state index contributed by atoms with van der Waals surface area (Å²) in [4.78, 5) is 7.55. The SMILES string of the molecule is COc1ncc(Cl)cc1S(=O)(=O)Nc1ccc(F)c(-c2ccc3nc(N)ccc3c2)c1F. The maximum atomic E-state index is 15.3. The topological polar surface area (TPSA) is 107 Å². The Morgan fingerprint density at radius 3 is 2.62 bits per heavy atom. The third-order valence-electron chi connectivity index (χ3n) is 4.60. The summed E-state index contributed by atoms with van der Waals surface area (Å²) in [5.74, 6) is -1.88. The summed E-state index contributed by atoms with van der Waals surface area (Å²) in [7, 11) is -3.13. The number of nitrogens with one attached hydrogen (secondary N) is 1. The number of nitrogen functional groups attached to an aromatic ring is 1. The van der Waals surface area contributed by atoms with Gasteiger partial charge in [0, 0.05) is 11.6 Å². The third-order valence-corrected chi connectivity index (χ3v) is 6.17. The molecule has 0 radical (unpaired) electrons. The molecule has 0 saturated heterocycles. The monoisotopic (exact) mass is 476 g/mol. The summed E-state index contributed by atoms with van der Waals surface area (Å²) in [5.41, 5.74) is 5.54. The zero-order chi connectivity index (χ0) is 23.0. The minimum Gasteiger partial charge on any atom is -0.480 e. The second-order valence-electron chi connectivity index (χ2n) is 6.69. The molecule has 2 aromatic carbocycles. The van der Waals surface area contributed by atoms with Crippen molar-refractivity contribution in [1.82, 2.24) is 9.97 Å². The molecule has 0 unspecified atom stereocenters. The largest absolute Gasteiger partial charge is 0.480 e. The molecule has 0 aliphatic heterocycles. The molecule has 0 saturated carbocycles. The van der Waals surface area contributed by atoms with E-state index in [9.17, 15) is 12.8 Å². The van der Waals surface area contributed by atoms with Crippen molar-refractivity contribution in [1.29, 1.82) is 0 Å². The van der Waals surface area contributed by atoms with Crippen molar-refractivity contribution < 1.29 is 21.9 Å². The van der Waals surface area contributed by atoms with Gasteiger partial charge in [-0.1, -0.05) is 17.7 Å². The Morgan fingerprint density at radius 1 is 1.09 bits per heavy atom. The van der Waals surface area contributed by atoms with Crippen LogP contribution in [0.4, 0.5) is 20.3 Å². The standard InChI is InChI=1S/C21H15ClF2N4O3S/c1-31-21-17(9-13(22)10-26-21)32(29,30)28-16-6-4-14(23)19(20(16)24)12-2-5-15-11(8-12)3-7-18(25)27-15/h2-10,28H,1H3,(H2,25,27). The van der Waals surface area contributed by atoms with Crippen LogP contribution in [-0.2, 0) is 10.0 Å². The Balaban J connectivity index is 1.79. The molecule has 0 atom stereocenters. The number of hydrogen-bond donors (Lipinski definition) is 2. The molecule has 2 aromatic heterocycles. The number of ether oxygens (including phenoxy) is 1. The van der Waals surface area contributed by atoms with Crippen molar-refractivity contribution in [3.05, 3.63) is 71.4 Å². The van der Waals surface area contributed by atoms with Crippen molar-refractivity contribution in [3.63, 3.8) is 0 Å². The number of sulfonamides is 1. The van der Waals surface area contributed by atoms with Gasteiger partial charge in [0.15, 0.2) is 10.7 Å². The van der Waals surface area contributed by atoms with E-state index in [1.165, 1.54) is 25.4 Å². The highest BCUT2D eigenvalue weighted by Gasteiger charge is 2.25. The van der Waals surface area contributed by atoms with Gasteiger partial charge in [-0.05, 0) is 48.0 Å². The fourth-order valence-corrected chi connectivity index (χ4v) is 4.57. The van der Waals surface area contributed by atoms with Crippen LogP contribution in [0.25, 0.3) is 22.0 Å². The lowest BCUT2D eigenvalue weighted by molar-refractivity contribution is 0.385. The Morgan fingerprint density at radius 2 is 1.88 bits per heavy atom. The van der Waals surface area contributed by atoms with E-state index in [-0.39, 0.29) is 16.5 Å².